The molecule has 0 saturated carbocycles. The molecule has 0 unspecified atom stereocenters. The number of hydrogen-bond donors (Lipinski definition) is 1. The Hall–Kier alpha value is -2.61. The summed E-state index contributed by atoms with van der Waals surface area (Å²) in [7, 11) is 1.73. The maximum absolute atomic E-state index is 14.4. The number of nitrogens with zero attached hydrogens (tertiary/aromatic N) is 4. The third-order valence-electron chi connectivity index (χ3n) is 5.54. The third-order valence-corrected chi connectivity index (χ3v) is 5.54. The zero-order chi connectivity index (χ0) is 18.9. The van der Waals surface area contributed by atoms with Crippen molar-refractivity contribution in [1.82, 2.24) is 14.9 Å². The summed E-state index contributed by atoms with van der Waals surface area (Å²) in [4.78, 5) is 24.3. The van der Waals surface area contributed by atoms with Crippen LogP contribution >= 0.6 is 0 Å². The van der Waals surface area contributed by atoms with E-state index < -0.39 is 12.0 Å². The minimum atomic E-state index is -2.99. The van der Waals surface area contributed by atoms with Gasteiger partial charge in [0.25, 0.3) is 11.8 Å². The molecule has 5 rings (SSSR count). The highest BCUT2D eigenvalue weighted by Crippen LogP contribution is 2.45. The van der Waals surface area contributed by atoms with Crippen LogP contribution in [0.5, 0.6) is 0 Å². The molecule has 1 N–H and O–H groups in total. The fraction of sp³-hybridized carbons (Fsp3) is 0.421. The highest BCUT2D eigenvalue weighted by molar-refractivity contribution is 5.99. The molecule has 1 fully saturated rings. The fourth-order valence-electron chi connectivity index (χ4n) is 4.00. The molecule has 2 aromatic rings. The van der Waals surface area contributed by atoms with Crippen LogP contribution in [0.15, 0.2) is 18.2 Å². The average molecular weight is 372 g/mol. The second kappa shape index (κ2) is 5.45. The molecule has 8 heteroatoms. The number of rotatable bonds is 2. The van der Waals surface area contributed by atoms with E-state index in [1.165, 1.54) is 0 Å². The van der Waals surface area contributed by atoms with Gasteiger partial charge >= 0.3 is 0 Å². The topological polar surface area (TPSA) is 69.6 Å². The van der Waals surface area contributed by atoms with Gasteiger partial charge in [0.15, 0.2) is 0 Å². The number of anilines is 1. The number of aromatic nitrogens is 2. The Kier molecular flexibility index (Phi) is 3.34. The lowest BCUT2D eigenvalue weighted by Crippen LogP contribution is -2.51. The van der Waals surface area contributed by atoms with E-state index in [1.807, 2.05) is 12.1 Å². The first kappa shape index (κ1) is 16.6. The van der Waals surface area contributed by atoms with E-state index in [9.17, 15) is 18.7 Å². The molecule has 1 aromatic carbocycles. The van der Waals surface area contributed by atoms with Gasteiger partial charge in [-0.3, -0.25) is 4.79 Å². The minimum absolute atomic E-state index is 0.0750. The van der Waals surface area contributed by atoms with Gasteiger partial charge in [-0.1, -0.05) is 12.1 Å². The summed E-state index contributed by atoms with van der Waals surface area (Å²) in [5, 5.41) is 9.53. The molecule has 140 valence electrons. The van der Waals surface area contributed by atoms with Gasteiger partial charge in [0, 0.05) is 49.8 Å². The van der Waals surface area contributed by atoms with Crippen molar-refractivity contribution in [2.75, 3.05) is 25.0 Å². The number of fused-ring (bicyclic) bond motifs is 2. The standard InChI is InChI=1S/C19H18F2N4O2/c1-24-7-11-3-2-10(6-14(11)17(24)27)15-13-4-5-19(20,21)16(13)23-18(22-15)25-8-12(26)9-25/h2-3,6,12,26H,4-5,7-9H2,1H3. The number of aliphatic hydroxyl groups is 1. The Labute approximate surface area is 154 Å². The van der Waals surface area contributed by atoms with Crippen molar-refractivity contribution in [3.8, 4) is 11.3 Å². The van der Waals surface area contributed by atoms with E-state index in [1.54, 1.807) is 22.9 Å². The van der Waals surface area contributed by atoms with Crippen LogP contribution in [0.2, 0.25) is 0 Å². The number of aliphatic hydroxyl groups excluding tert-OH is 1. The van der Waals surface area contributed by atoms with Crippen molar-refractivity contribution >= 4 is 11.9 Å². The zero-order valence-corrected chi connectivity index (χ0v) is 14.7. The third kappa shape index (κ3) is 2.43. The highest BCUT2D eigenvalue weighted by Gasteiger charge is 2.44. The Balaban J connectivity index is 1.65. The number of amides is 1. The van der Waals surface area contributed by atoms with Crippen LogP contribution in [0.25, 0.3) is 11.3 Å². The van der Waals surface area contributed by atoms with Crippen LogP contribution in [0.4, 0.5) is 14.7 Å². The van der Waals surface area contributed by atoms with Crippen molar-refractivity contribution < 1.29 is 18.7 Å². The number of halogens is 2. The molecule has 1 aromatic heterocycles. The van der Waals surface area contributed by atoms with Gasteiger partial charge in [0.2, 0.25) is 5.95 Å². The van der Waals surface area contributed by atoms with E-state index >= 15 is 0 Å². The summed E-state index contributed by atoms with van der Waals surface area (Å²) in [6.45, 7) is 1.21. The molecule has 0 radical (unpaired) electrons. The molecule has 1 saturated heterocycles. The SMILES string of the molecule is CN1Cc2ccc(-c3nc(N4CC(O)C4)nc4c3CCC4(F)F)cc2C1=O. The summed E-state index contributed by atoms with van der Waals surface area (Å²) in [6.07, 6.45) is -0.576. The number of benzene rings is 1. The van der Waals surface area contributed by atoms with Gasteiger partial charge in [0.05, 0.1) is 11.8 Å². The number of hydrogen-bond acceptors (Lipinski definition) is 5. The highest BCUT2D eigenvalue weighted by atomic mass is 19.3. The number of carbonyl (C=O) groups excluding carboxylic acids is 1. The van der Waals surface area contributed by atoms with Gasteiger partial charge in [-0.2, -0.15) is 8.78 Å². The molecular weight excluding hydrogens is 354 g/mol. The summed E-state index contributed by atoms with van der Waals surface area (Å²) >= 11 is 0. The lowest BCUT2D eigenvalue weighted by molar-refractivity contribution is -0.00597. The summed E-state index contributed by atoms with van der Waals surface area (Å²) in [5.74, 6) is -2.86. The van der Waals surface area contributed by atoms with Crippen LogP contribution in [0.1, 0.15) is 33.6 Å². The Morgan fingerprint density at radius 2 is 2.04 bits per heavy atom. The van der Waals surface area contributed by atoms with Gasteiger partial charge in [0.1, 0.15) is 5.69 Å². The van der Waals surface area contributed by atoms with Crippen LogP contribution in [-0.2, 0) is 18.9 Å². The van der Waals surface area contributed by atoms with Crippen molar-refractivity contribution in [2.45, 2.75) is 31.4 Å². The van der Waals surface area contributed by atoms with Crippen LogP contribution in [0, 0.1) is 0 Å². The van der Waals surface area contributed by atoms with E-state index in [-0.39, 0.29) is 30.4 Å². The maximum atomic E-state index is 14.4. The Morgan fingerprint density at radius 1 is 1.26 bits per heavy atom. The fourth-order valence-corrected chi connectivity index (χ4v) is 4.00. The number of β-amino-alcohol motifs (C(OH)–C–C–N with tert-alkyl or cyclic N) is 1. The van der Waals surface area contributed by atoms with E-state index in [0.717, 1.165) is 5.56 Å². The molecule has 1 amide bonds. The molecule has 2 aliphatic heterocycles. The molecule has 0 atom stereocenters. The smallest absolute Gasteiger partial charge is 0.290 e. The second-order valence-electron chi connectivity index (χ2n) is 7.50. The monoisotopic (exact) mass is 372 g/mol. The van der Waals surface area contributed by atoms with Crippen LogP contribution in [0.3, 0.4) is 0 Å². The van der Waals surface area contributed by atoms with E-state index in [0.29, 0.717) is 42.0 Å². The van der Waals surface area contributed by atoms with E-state index in [4.69, 9.17) is 0 Å². The van der Waals surface area contributed by atoms with Crippen molar-refractivity contribution in [1.29, 1.82) is 0 Å². The molecule has 1 aliphatic carbocycles. The molecule has 6 nitrogen and oxygen atoms in total. The summed E-state index contributed by atoms with van der Waals surface area (Å²) in [5.41, 5.74) is 2.84. The predicted molar refractivity (Wildman–Crippen MR) is 93.7 cm³/mol. The summed E-state index contributed by atoms with van der Waals surface area (Å²) in [6, 6.07) is 5.44. The minimum Gasteiger partial charge on any atom is -0.389 e. The van der Waals surface area contributed by atoms with Gasteiger partial charge in [-0.15, -0.1) is 0 Å². The molecule has 0 bridgehead atoms. The number of alkyl halides is 2. The first-order valence-electron chi connectivity index (χ1n) is 8.94. The molecule has 3 heterocycles. The van der Waals surface area contributed by atoms with Gasteiger partial charge in [-0.05, 0) is 18.1 Å². The molecule has 0 spiro atoms. The van der Waals surface area contributed by atoms with Crippen molar-refractivity contribution in [3.05, 3.63) is 40.6 Å². The second-order valence-corrected chi connectivity index (χ2v) is 7.50. The average Bonchev–Trinajstić information content (AvgIpc) is 3.07. The first-order valence-corrected chi connectivity index (χ1v) is 8.94. The summed E-state index contributed by atoms with van der Waals surface area (Å²) < 4.78 is 28.8. The molecule has 3 aliphatic rings. The Morgan fingerprint density at radius 3 is 2.78 bits per heavy atom. The van der Waals surface area contributed by atoms with Crippen LogP contribution < -0.4 is 4.90 Å². The molecular formula is C19H18F2N4O2. The first-order chi connectivity index (χ1) is 12.8. The lowest BCUT2D eigenvalue weighted by atomic mass is 10.00. The largest absolute Gasteiger partial charge is 0.389 e. The predicted octanol–water partition coefficient (Wildman–Crippen LogP) is 1.95. The number of carbonyl (C=O) groups is 1. The normalized spacial score (nSPS) is 20.7. The van der Waals surface area contributed by atoms with Crippen LogP contribution in [-0.4, -0.2) is 52.1 Å². The van der Waals surface area contributed by atoms with E-state index in [2.05, 4.69) is 9.97 Å². The van der Waals surface area contributed by atoms with Gasteiger partial charge < -0.3 is 14.9 Å². The van der Waals surface area contributed by atoms with Crippen molar-refractivity contribution in [2.24, 2.45) is 0 Å². The zero-order valence-electron chi connectivity index (χ0n) is 14.7. The lowest BCUT2D eigenvalue weighted by Gasteiger charge is -2.36. The Bertz CT molecular complexity index is 972. The quantitative estimate of drug-likeness (QED) is 0.873. The van der Waals surface area contributed by atoms with Crippen molar-refractivity contribution in [3.63, 3.8) is 0 Å². The molecule has 27 heavy (non-hydrogen) atoms. The maximum Gasteiger partial charge on any atom is 0.290 e. The van der Waals surface area contributed by atoms with Gasteiger partial charge in [-0.25, -0.2) is 9.97 Å².